The van der Waals surface area contributed by atoms with Gasteiger partial charge in [0.15, 0.2) is 0 Å². The first-order valence-corrected chi connectivity index (χ1v) is 7.82. The van der Waals surface area contributed by atoms with Crippen LogP contribution in [0, 0.1) is 6.92 Å². The van der Waals surface area contributed by atoms with E-state index in [0.29, 0.717) is 18.4 Å². The molecule has 1 aliphatic heterocycles. The van der Waals surface area contributed by atoms with Crippen LogP contribution in [0.15, 0.2) is 12.3 Å². The molecule has 1 saturated heterocycles. The molecule has 3 rings (SSSR count). The van der Waals surface area contributed by atoms with Gasteiger partial charge in [-0.05, 0) is 45.1 Å². The fourth-order valence-corrected chi connectivity index (χ4v) is 2.68. The van der Waals surface area contributed by atoms with E-state index in [2.05, 4.69) is 20.5 Å². The van der Waals surface area contributed by atoms with Crippen LogP contribution >= 0.6 is 0 Å². The molecule has 1 N–H and O–H groups in total. The zero-order valence-corrected chi connectivity index (χ0v) is 12.8. The van der Waals surface area contributed by atoms with Crippen LogP contribution in [0.5, 0.6) is 0 Å². The van der Waals surface area contributed by atoms with Crippen molar-refractivity contribution in [2.45, 2.75) is 45.1 Å². The SMILES string of the molecule is Cc1ccn2c(C(=O)NCCCC[C@@H]3CCCO3)nnc2n1. The summed E-state index contributed by atoms with van der Waals surface area (Å²) in [6, 6.07) is 1.83. The largest absolute Gasteiger partial charge is 0.378 e. The Labute approximate surface area is 129 Å². The first-order chi connectivity index (χ1) is 10.7. The Morgan fingerprint density at radius 3 is 3.18 bits per heavy atom. The molecule has 0 saturated carbocycles. The van der Waals surface area contributed by atoms with Crippen molar-refractivity contribution in [3.05, 3.63) is 23.8 Å². The van der Waals surface area contributed by atoms with Crippen LogP contribution in [-0.4, -0.2) is 44.7 Å². The molecule has 2 aromatic heterocycles. The molecular formula is C15H21N5O2. The first-order valence-electron chi connectivity index (χ1n) is 7.82. The van der Waals surface area contributed by atoms with Crippen molar-refractivity contribution in [1.29, 1.82) is 0 Å². The lowest BCUT2D eigenvalue weighted by Crippen LogP contribution is -2.26. The molecular weight excluding hydrogens is 282 g/mol. The molecule has 1 fully saturated rings. The van der Waals surface area contributed by atoms with Gasteiger partial charge in [0.1, 0.15) is 0 Å². The second-order valence-corrected chi connectivity index (χ2v) is 5.65. The summed E-state index contributed by atoms with van der Waals surface area (Å²) in [5.41, 5.74) is 0.848. The maximum atomic E-state index is 12.1. The first kappa shape index (κ1) is 14.9. The lowest BCUT2D eigenvalue weighted by atomic mass is 10.1. The number of ether oxygens (including phenoxy) is 1. The highest BCUT2D eigenvalue weighted by atomic mass is 16.5. The lowest BCUT2D eigenvalue weighted by Gasteiger charge is -2.08. The molecule has 3 heterocycles. The van der Waals surface area contributed by atoms with Gasteiger partial charge in [-0.1, -0.05) is 0 Å². The molecule has 2 aromatic rings. The van der Waals surface area contributed by atoms with Crippen LogP contribution in [0.4, 0.5) is 0 Å². The summed E-state index contributed by atoms with van der Waals surface area (Å²) < 4.78 is 7.19. The van der Waals surface area contributed by atoms with Gasteiger partial charge in [0.2, 0.25) is 5.82 Å². The van der Waals surface area contributed by atoms with E-state index in [1.165, 1.54) is 12.8 Å². The summed E-state index contributed by atoms with van der Waals surface area (Å²) in [7, 11) is 0. The molecule has 7 heteroatoms. The summed E-state index contributed by atoms with van der Waals surface area (Å²) in [5, 5.41) is 10.7. The summed E-state index contributed by atoms with van der Waals surface area (Å²) in [6.45, 7) is 3.41. The number of nitrogens with one attached hydrogen (secondary N) is 1. The summed E-state index contributed by atoms with van der Waals surface area (Å²) in [6.07, 6.45) is 7.62. The van der Waals surface area contributed by atoms with Crippen molar-refractivity contribution < 1.29 is 9.53 Å². The minimum atomic E-state index is -0.213. The molecule has 0 unspecified atom stereocenters. The van der Waals surface area contributed by atoms with Crippen LogP contribution in [-0.2, 0) is 4.74 Å². The Hall–Kier alpha value is -2.02. The molecule has 0 spiro atoms. The van der Waals surface area contributed by atoms with Crippen molar-refractivity contribution in [2.24, 2.45) is 0 Å². The summed E-state index contributed by atoms with van der Waals surface area (Å²) >= 11 is 0. The highest BCUT2D eigenvalue weighted by molar-refractivity contribution is 5.91. The number of aromatic nitrogens is 4. The smallest absolute Gasteiger partial charge is 0.289 e. The molecule has 0 aromatic carbocycles. The van der Waals surface area contributed by atoms with Gasteiger partial charge < -0.3 is 10.1 Å². The van der Waals surface area contributed by atoms with Crippen molar-refractivity contribution in [2.75, 3.05) is 13.2 Å². The molecule has 7 nitrogen and oxygen atoms in total. The second kappa shape index (κ2) is 6.83. The molecule has 0 radical (unpaired) electrons. The number of nitrogens with zero attached hydrogens (tertiary/aromatic N) is 4. The fourth-order valence-electron chi connectivity index (χ4n) is 2.68. The van der Waals surface area contributed by atoms with E-state index in [0.717, 1.165) is 31.6 Å². The number of hydrogen-bond acceptors (Lipinski definition) is 5. The van der Waals surface area contributed by atoms with E-state index in [1.54, 1.807) is 10.6 Å². The van der Waals surface area contributed by atoms with E-state index in [4.69, 9.17) is 4.74 Å². The van der Waals surface area contributed by atoms with Gasteiger partial charge in [0.05, 0.1) is 6.10 Å². The highest BCUT2D eigenvalue weighted by Gasteiger charge is 2.16. The van der Waals surface area contributed by atoms with Gasteiger partial charge in [-0.3, -0.25) is 9.20 Å². The average Bonchev–Trinajstić information content (AvgIpc) is 3.15. The van der Waals surface area contributed by atoms with Gasteiger partial charge in [0.25, 0.3) is 11.7 Å². The van der Waals surface area contributed by atoms with E-state index in [-0.39, 0.29) is 11.7 Å². The normalized spacial score (nSPS) is 18.0. The molecule has 118 valence electrons. The Morgan fingerprint density at radius 1 is 1.45 bits per heavy atom. The van der Waals surface area contributed by atoms with Crippen LogP contribution in [0.2, 0.25) is 0 Å². The van der Waals surface area contributed by atoms with Gasteiger partial charge >= 0.3 is 0 Å². The van der Waals surface area contributed by atoms with E-state index < -0.39 is 0 Å². The maximum Gasteiger partial charge on any atom is 0.289 e. The third-order valence-corrected chi connectivity index (χ3v) is 3.88. The minimum absolute atomic E-state index is 0.213. The number of unbranched alkanes of at least 4 members (excludes halogenated alkanes) is 1. The summed E-state index contributed by atoms with van der Waals surface area (Å²) in [5.74, 6) is 0.514. The van der Waals surface area contributed by atoms with Crippen molar-refractivity contribution in [1.82, 2.24) is 24.9 Å². The van der Waals surface area contributed by atoms with Gasteiger partial charge in [-0.15, -0.1) is 10.2 Å². The molecule has 1 atom stereocenters. The number of fused-ring (bicyclic) bond motifs is 1. The monoisotopic (exact) mass is 303 g/mol. The van der Waals surface area contributed by atoms with E-state index >= 15 is 0 Å². The lowest BCUT2D eigenvalue weighted by molar-refractivity contribution is 0.0936. The molecule has 0 bridgehead atoms. The highest BCUT2D eigenvalue weighted by Crippen LogP contribution is 2.17. The van der Waals surface area contributed by atoms with Crippen molar-refractivity contribution >= 4 is 11.7 Å². The van der Waals surface area contributed by atoms with Crippen LogP contribution in [0.1, 0.15) is 48.4 Å². The third kappa shape index (κ3) is 3.41. The van der Waals surface area contributed by atoms with Gasteiger partial charge in [0, 0.05) is 25.0 Å². The molecule has 1 aliphatic rings. The Kier molecular flexibility index (Phi) is 4.62. The number of carbonyl (C=O) groups is 1. The van der Waals surface area contributed by atoms with Gasteiger partial charge in [-0.25, -0.2) is 4.98 Å². The zero-order valence-electron chi connectivity index (χ0n) is 12.8. The Balaban J connectivity index is 1.46. The average molecular weight is 303 g/mol. The number of amides is 1. The maximum absolute atomic E-state index is 12.1. The fraction of sp³-hybridized carbons (Fsp3) is 0.600. The van der Waals surface area contributed by atoms with Crippen LogP contribution < -0.4 is 5.32 Å². The second-order valence-electron chi connectivity index (χ2n) is 5.65. The quantitative estimate of drug-likeness (QED) is 0.818. The number of hydrogen-bond donors (Lipinski definition) is 1. The topological polar surface area (TPSA) is 81.4 Å². The van der Waals surface area contributed by atoms with Crippen molar-refractivity contribution in [3.8, 4) is 0 Å². The van der Waals surface area contributed by atoms with E-state index in [9.17, 15) is 4.79 Å². The summed E-state index contributed by atoms with van der Waals surface area (Å²) in [4.78, 5) is 16.4. The molecule has 22 heavy (non-hydrogen) atoms. The van der Waals surface area contributed by atoms with Crippen molar-refractivity contribution in [3.63, 3.8) is 0 Å². The Bertz CT molecular complexity index is 648. The zero-order chi connectivity index (χ0) is 15.4. The predicted octanol–water partition coefficient (Wildman–Crippen LogP) is 1.51. The van der Waals surface area contributed by atoms with Crippen LogP contribution in [0.3, 0.4) is 0 Å². The number of carbonyl (C=O) groups excluding carboxylic acids is 1. The standard InChI is InChI=1S/C15H21N5O2/c1-11-7-9-20-13(18-19-15(20)17-11)14(21)16-8-3-2-5-12-6-4-10-22-12/h7,9,12H,2-6,8,10H2,1H3,(H,16,21)/t12-/m1/s1. The number of aryl methyl sites for hydroxylation is 1. The number of rotatable bonds is 6. The van der Waals surface area contributed by atoms with Crippen LogP contribution in [0.25, 0.3) is 5.78 Å². The molecule has 1 amide bonds. The third-order valence-electron chi connectivity index (χ3n) is 3.88. The van der Waals surface area contributed by atoms with Gasteiger partial charge in [-0.2, -0.15) is 0 Å². The minimum Gasteiger partial charge on any atom is -0.378 e. The van der Waals surface area contributed by atoms with E-state index in [1.807, 2.05) is 13.0 Å². The molecule has 0 aliphatic carbocycles. The Morgan fingerprint density at radius 2 is 2.36 bits per heavy atom. The predicted molar refractivity (Wildman–Crippen MR) is 80.7 cm³/mol.